The largest absolute Gasteiger partial charge is 0.456 e. The second-order valence-electron chi connectivity index (χ2n) is 5.05. The quantitative estimate of drug-likeness (QED) is 0.801. The second kappa shape index (κ2) is 4.99. The van der Waals surface area contributed by atoms with Crippen LogP contribution in [0.5, 0.6) is 0 Å². The molecule has 94 valence electrons. The van der Waals surface area contributed by atoms with Crippen LogP contribution in [0.25, 0.3) is 16.5 Å². The molecule has 1 aliphatic rings. The third-order valence-corrected chi connectivity index (χ3v) is 3.42. The van der Waals surface area contributed by atoms with E-state index in [0.717, 1.165) is 30.4 Å². The Bertz CT molecular complexity index is 530. The lowest BCUT2D eigenvalue weighted by Crippen LogP contribution is -2.16. The van der Waals surface area contributed by atoms with E-state index in [2.05, 4.69) is 30.4 Å². The van der Waals surface area contributed by atoms with Gasteiger partial charge in [-0.05, 0) is 50.4 Å². The summed E-state index contributed by atoms with van der Waals surface area (Å²) in [6.07, 6.45) is 6.03. The molecule has 0 aliphatic heterocycles. The molecule has 1 fully saturated rings. The van der Waals surface area contributed by atoms with Crippen LogP contribution < -0.4 is 5.32 Å². The van der Waals surface area contributed by atoms with Gasteiger partial charge in [-0.3, -0.25) is 0 Å². The maximum atomic E-state index is 5.83. The molecule has 3 rings (SSSR count). The minimum absolute atomic E-state index is 0.796. The summed E-state index contributed by atoms with van der Waals surface area (Å²) in [6, 6.07) is 11.1. The van der Waals surface area contributed by atoms with Gasteiger partial charge in [-0.2, -0.15) is 0 Å². The predicted molar refractivity (Wildman–Crippen MR) is 75.5 cm³/mol. The molecular weight excluding hydrogens is 222 g/mol. The summed E-state index contributed by atoms with van der Waals surface area (Å²) in [7, 11) is 0. The first-order valence-corrected chi connectivity index (χ1v) is 6.72. The van der Waals surface area contributed by atoms with E-state index in [1.165, 1.54) is 23.8 Å². The van der Waals surface area contributed by atoms with E-state index in [0.29, 0.717) is 0 Å². The Morgan fingerprint density at radius 3 is 3.00 bits per heavy atom. The normalized spacial score (nSPS) is 16.4. The highest BCUT2D eigenvalue weighted by Gasteiger charge is 2.19. The Kier molecular flexibility index (Phi) is 3.20. The summed E-state index contributed by atoms with van der Waals surface area (Å²) in [5.74, 6) is 0.989. The lowest BCUT2D eigenvalue weighted by Gasteiger charge is -1.99. The lowest BCUT2D eigenvalue weighted by molar-refractivity contribution is 0.598. The molecule has 1 heterocycles. The first-order valence-electron chi connectivity index (χ1n) is 6.72. The molecule has 1 saturated carbocycles. The van der Waals surface area contributed by atoms with Gasteiger partial charge in [0, 0.05) is 11.4 Å². The van der Waals surface area contributed by atoms with E-state index in [1.807, 2.05) is 18.2 Å². The van der Waals surface area contributed by atoms with Crippen molar-refractivity contribution in [3.05, 3.63) is 42.2 Å². The molecule has 0 amide bonds. The van der Waals surface area contributed by atoms with Crippen molar-refractivity contribution in [2.24, 2.45) is 0 Å². The fourth-order valence-electron chi connectivity index (χ4n) is 2.14. The first kappa shape index (κ1) is 11.5. The maximum Gasteiger partial charge on any atom is 0.134 e. The smallest absolute Gasteiger partial charge is 0.134 e. The van der Waals surface area contributed by atoms with Crippen molar-refractivity contribution < 1.29 is 4.42 Å². The van der Waals surface area contributed by atoms with Crippen molar-refractivity contribution >= 4 is 16.5 Å². The monoisotopic (exact) mass is 241 g/mol. The fourth-order valence-corrected chi connectivity index (χ4v) is 2.14. The van der Waals surface area contributed by atoms with E-state index in [4.69, 9.17) is 4.42 Å². The van der Waals surface area contributed by atoms with Gasteiger partial charge in [0.05, 0.1) is 0 Å². The van der Waals surface area contributed by atoms with Gasteiger partial charge >= 0.3 is 0 Å². The standard InChI is InChI=1S/C16H19NO/c1-12(5-4-10-17-14-8-9-14)16-11-13-6-2-3-7-15(13)18-16/h2-3,5-7,11,14,17H,4,8-10H2,1H3/b12-5-. The molecule has 0 radical (unpaired) electrons. The summed E-state index contributed by atoms with van der Waals surface area (Å²) in [5, 5.41) is 4.69. The number of allylic oxidation sites excluding steroid dienone is 1. The molecular formula is C16H19NO. The maximum absolute atomic E-state index is 5.83. The zero-order valence-electron chi connectivity index (χ0n) is 10.8. The zero-order valence-corrected chi connectivity index (χ0v) is 10.8. The minimum atomic E-state index is 0.796. The number of hydrogen-bond acceptors (Lipinski definition) is 2. The summed E-state index contributed by atoms with van der Waals surface area (Å²) in [5.41, 5.74) is 2.19. The summed E-state index contributed by atoms with van der Waals surface area (Å²) in [6.45, 7) is 3.19. The number of fused-ring (bicyclic) bond motifs is 1. The van der Waals surface area contributed by atoms with Crippen molar-refractivity contribution in [1.29, 1.82) is 0 Å². The van der Waals surface area contributed by atoms with Crippen LogP contribution in [0.3, 0.4) is 0 Å². The number of nitrogens with one attached hydrogen (secondary N) is 1. The van der Waals surface area contributed by atoms with Crippen molar-refractivity contribution in [3.8, 4) is 0 Å². The number of benzene rings is 1. The third kappa shape index (κ3) is 2.65. The lowest BCUT2D eigenvalue weighted by atomic mass is 10.2. The Morgan fingerprint density at radius 2 is 2.22 bits per heavy atom. The molecule has 2 aromatic rings. The molecule has 1 aromatic heterocycles. The van der Waals surface area contributed by atoms with Crippen molar-refractivity contribution in [1.82, 2.24) is 5.32 Å². The van der Waals surface area contributed by atoms with Gasteiger partial charge in [-0.1, -0.05) is 24.3 Å². The van der Waals surface area contributed by atoms with Gasteiger partial charge in [0.2, 0.25) is 0 Å². The Morgan fingerprint density at radius 1 is 1.39 bits per heavy atom. The van der Waals surface area contributed by atoms with E-state index < -0.39 is 0 Å². The van der Waals surface area contributed by atoms with Crippen LogP contribution in [0.15, 0.2) is 40.8 Å². The van der Waals surface area contributed by atoms with E-state index >= 15 is 0 Å². The minimum Gasteiger partial charge on any atom is -0.456 e. The molecule has 0 bridgehead atoms. The SMILES string of the molecule is C/C(=C/CCNC1CC1)c1cc2ccccc2o1. The second-order valence-corrected chi connectivity index (χ2v) is 5.05. The van der Waals surface area contributed by atoms with Gasteiger partial charge in [-0.25, -0.2) is 0 Å². The highest BCUT2D eigenvalue weighted by atomic mass is 16.3. The highest BCUT2D eigenvalue weighted by Crippen LogP contribution is 2.24. The van der Waals surface area contributed by atoms with Gasteiger partial charge < -0.3 is 9.73 Å². The molecule has 1 aliphatic carbocycles. The molecule has 1 N–H and O–H groups in total. The predicted octanol–water partition coefficient (Wildman–Crippen LogP) is 3.98. The summed E-state index contributed by atoms with van der Waals surface area (Å²) < 4.78 is 5.83. The zero-order chi connectivity index (χ0) is 12.4. The molecule has 0 unspecified atom stereocenters. The van der Waals surface area contributed by atoms with E-state index in [-0.39, 0.29) is 0 Å². The fraction of sp³-hybridized carbons (Fsp3) is 0.375. The number of hydrogen-bond donors (Lipinski definition) is 1. The van der Waals surface area contributed by atoms with Crippen molar-refractivity contribution in [2.75, 3.05) is 6.54 Å². The Labute approximate surface area is 108 Å². The van der Waals surface area contributed by atoms with E-state index in [1.54, 1.807) is 0 Å². The Hall–Kier alpha value is -1.54. The van der Waals surface area contributed by atoms with Gasteiger partial charge in [-0.15, -0.1) is 0 Å². The van der Waals surface area contributed by atoms with Gasteiger partial charge in [0.15, 0.2) is 0 Å². The number of furan rings is 1. The van der Waals surface area contributed by atoms with Crippen LogP contribution in [0.4, 0.5) is 0 Å². The van der Waals surface area contributed by atoms with Crippen LogP contribution in [0, 0.1) is 0 Å². The highest BCUT2D eigenvalue weighted by molar-refractivity contribution is 5.81. The molecule has 0 atom stereocenters. The average Bonchev–Trinajstić information content (AvgIpc) is 3.10. The summed E-state index contributed by atoms with van der Waals surface area (Å²) in [4.78, 5) is 0. The van der Waals surface area contributed by atoms with Crippen LogP contribution in [0.1, 0.15) is 31.9 Å². The molecule has 0 spiro atoms. The first-order chi connectivity index (χ1) is 8.83. The summed E-state index contributed by atoms with van der Waals surface area (Å²) >= 11 is 0. The topological polar surface area (TPSA) is 25.2 Å². The van der Waals surface area contributed by atoms with Crippen molar-refractivity contribution in [3.63, 3.8) is 0 Å². The Balaban J connectivity index is 1.66. The molecule has 2 heteroatoms. The van der Waals surface area contributed by atoms with E-state index in [9.17, 15) is 0 Å². The molecule has 0 saturated heterocycles. The van der Waals surface area contributed by atoms with Crippen LogP contribution in [0.2, 0.25) is 0 Å². The molecule has 1 aromatic carbocycles. The molecule has 18 heavy (non-hydrogen) atoms. The average molecular weight is 241 g/mol. The molecule has 2 nitrogen and oxygen atoms in total. The number of para-hydroxylation sites is 1. The van der Waals surface area contributed by atoms with Gasteiger partial charge in [0.25, 0.3) is 0 Å². The van der Waals surface area contributed by atoms with Crippen molar-refractivity contribution in [2.45, 2.75) is 32.2 Å². The third-order valence-electron chi connectivity index (χ3n) is 3.42. The van der Waals surface area contributed by atoms with Crippen LogP contribution in [-0.4, -0.2) is 12.6 Å². The van der Waals surface area contributed by atoms with Gasteiger partial charge in [0.1, 0.15) is 11.3 Å². The van der Waals surface area contributed by atoms with Crippen LogP contribution in [-0.2, 0) is 0 Å². The van der Waals surface area contributed by atoms with Crippen LogP contribution >= 0.6 is 0 Å². The number of rotatable bonds is 5.